The molecule has 7 nitrogen and oxygen atoms in total. The summed E-state index contributed by atoms with van der Waals surface area (Å²) >= 11 is 6.64. The van der Waals surface area contributed by atoms with E-state index in [1.807, 2.05) is 13.8 Å². The molecule has 1 aliphatic rings. The van der Waals surface area contributed by atoms with E-state index in [9.17, 15) is 13.6 Å². The van der Waals surface area contributed by atoms with Crippen LogP contribution in [0.1, 0.15) is 60.9 Å². The molecule has 1 amide bonds. The van der Waals surface area contributed by atoms with Gasteiger partial charge in [0.2, 0.25) is 0 Å². The number of carbonyl (C=O) groups is 1. The van der Waals surface area contributed by atoms with Gasteiger partial charge in [0.15, 0.2) is 0 Å². The Morgan fingerprint density at radius 3 is 2.72 bits per heavy atom. The number of carbonyl (C=O) groups excluding carboxylic acids is 1. The number of anilines is 1. The fourth-order valence-electron chi connectivity index (χ4n) is 3.62. The van der Waals surface area contributed by atoms with Crippen molar-refractivity contribution >= 4 is 28.8 Å². The Morgan fingerprint density at radius 2 is 2.03 bits per heavy atom. The Hall–Kier alpha value is -2.78. The zero-order valence-corrected chi connectivity index (χ0v) is 18.4. The minimum atomic E-state index is -2.77. The van der Waals surface area contributed by atoms with Crippen LogP contribution in [0, 0.1) is 0 Å². The molecule has 4 heterocycles. The van der Waals surface area contributed by atoms with E-state index >= 15 is 0 Å². The van der Waals surface area contributed by atoms with Crippen LogP contribution in [0.2, 0.25) is 5.15 Å². The third-order valence-corrected chi connectivity index (χ3v) is 5.51. The second-order valence-corrected chi connectivity index (χ2v) is 8.18. The third-order valence-electron chi connectivity index (χ3n) is 5.13. The molecule has 10 heteroatoms. The molecular weight excluding hydrogens is 442 g/mol. The lowest BCUT2D eigenvalue weighted by Gasteiger charge is -2.20. The van der Waals surface area contributed by atoms with Gasteiger partial charge in [-0.3, -0.25) is 9.20 Å². The maximum Gasteiger partial charge on any atom is 0.280 e. The number of nitrogens with zero attached hydrogens (tertiary/aromatic N) is 3. The molecule has 1 N–H and O–H groups in total. The normalized spacial score (nSPS) is 15.0. The van der Waals surface area contributed by atoms with Crippen molar-refractivity contribution in [3.05, 3.63) is 52.7 Å². The number of fused-ring (bicyclic) bond motifs is 1. The fraction of sp³-hybridized carbons (Fsp3) is 0.409. The van der Waals surface area contributed by atoms with Crippen molar-refractivity contribution in [1.82, 2.24) is 14.4 Å². The molecule has 0 aromatic carbocycles. The fourth-order valence-corrected chi connectivity index (χ4v) is 3.95. The van der Waals surface area contributed by atoms with Crippen LogP contribution in [-0.4, -0.2) is 39.6 Å². The summed E-state index contributed by atoms with van der Waals surface area (Å²) in [6.45, 7) is 5.02. The quantitative estimate of drug-likeness (QED) is 0.538. The van der Waals surface area contributed by atoms with Crippen LogP contribution in [0.4, 0.5) is 14.5 Å². The highest BCUT2D eigenvalue weighted by molar-refractivity contribution is 6.30. The molecule has 0 saturated carbocycles. The lowest BCUT2D eigenvalue weighted by atomic mass is 9.97. The second kappa shape index (κ2) is 9.38. The van der Waals surface area contributed by atoms with Gasteiger partial charge in [-0.1, -0.05) is 17.7 Å². The van der Waals surface area contributed by atoms with Gasteiger partial charge in [0.25, 0.3) is 12.3 Å². The Balaban J connectivity index is 1.71. The summed E-state index contributed by atoms with van der Waals surface area (Å²) in [5, 5.41) is 3.16. The third kappa shape index (κ3) is 4.68. The number of imidazole rings is 1. The minimum absolute atomic E-state index is 0.127. The molecular formula is C22H23ClF2N4O3. The molecule has 0 bridgehead atoms. The maximum atomic E-state index is 13.0. The van der Waals surface area contributed by atoms with Crippen LogP contribution in [0.15, 0.2) is 30.5 Å². The van der Waals surface area contributed by atoms with Crippen molar-refractivity contribution in [2.45, 2.75) is 45.1 Å². The van der Waals surface area contributed by atoms with Crippen molar-refractivity contribution in [1.29, 1.82) is 0 Å². The minimum Gasteiger partial charge on any atom is -0.489 e. The van der Waals surface area contributed by atoms with E-state index in [1.165, 1.54) is 18.2 Å². The van der Waals surface area contributed by atoms with Gasteiger partial charge in [-0.2, -0.15) is 0 Å². The van der Waals surface area contributed by atoms with Crippen molar-refractivity contribution in [3.8, 4) is 5.75 Å². The van der Waals surface area contributed by atoms with Crippen LogP contribution >= 0.6 is 11.6 Å². The number of pyridine rings is 2. The van der Waals surface area contributed by atoms with E-state index in [4.69, 9.17) is 26.1 Å². The Kier molecular flexibility index (Phi) is 6.57. The summed E-state index contributed by atoms with van der Waals surface area (Å²) in [5.41, 5.74) is 1.10. The number of ether oxygens (including phenoxy) is 2. The van der Waals surface area contributed by atoms with Crippen molar-refractivity contribution in [2.75, 3.05) is 18.5 Å². The van der Waals surface area contributed by atoms with Gasteiger partial charge in [-0.15, -0.1) is 0 Å². The van der Waals surface area contributed by atoms with E-state index in [-0.39, 0.29) is 17.7 Å². The molecule has 170 valence electrons. The number of hydrogen-bond acceptors (Lipinski definition) is 5. The van der Waals surface area contributed by atoms with Crippen LogP contribution in [0.3, 0.4) is 0 Å². The molecule has 4 rings (SSSR count). The SMILES string of the molecule is CC(C)Oc1cc2nc(C3CCOCC3)c(Cl)n2cc1NC(=O)c1cccc(C(F)F)n1. The summed E-state index contributed by atoms with van der Waals surface area (Å²) < 4.78 is 38.9. The largest absolute Gasteiger partial charge is 0.489 e. The molecule has 0 spiro atoms. The highest BCUT2D eigenvalue weighted by atomic mass is 35.5. The summed E-state index contributed by atoms with van der Waals surface area (Å²) in [6.07, 6.45) is 0.338. The summed E-state index contributed by atoms with van der Waals surface area (Å²) in [4.78, 5) is 21.2. The van der Waals surface area contributed by atoms with Gasteiger partial charge in [-0.25, -0.2) is 18.7 Å². The number of nitrogens with one attached hydrogen (secondary N) is 1. The molecule has 0 aliphatic carbocycles. The molecule has 1 aliphatic heterocycles. The molecule has 1 saturated heterocycles. The van der Waals surface area contributed by atoms with E-state index in [1.54, 1.807) is 16.7 Å². The van der Waals surface area contributed by atoms with Gasteiger partial charge in [0, 0.05) is 31.4 Å². The van der Waals surface area contributed by atoms with Crippen molar-refractivity contribution < 1.29 is 23.0 Å². The number of aromatic nitrogens is 3. The van der Waals surface area contributed by atoms with Crippen LogP contribution in [-0.2, 0) is 4.74 Å². The van der Waals surface area contributed by atoms with Crippen molar-refractivity contribution in [2.24, 2.45) is 0 Å². The summed E-state index contributed by atoms with van der Waals surface area (Å²) in [6, 6.07) is 5.61. The highest BCUT2D eigenvalue weighted by Crippen LogP contribution is 2.35. The second-order valence-electron chi connectivity index (χ2n) is 7.82. The van der Waals surface area contributed by atoms with Crippen LogP contribution in [0.25, 0.3) is 5.65 Å². The topological polar surface area (TPSA) is 77.8 Å². The summed E-state index contributed by atoms with van der Waals surface area (Å²) in [5.74, 6) is -0.0580. The van der Waals surface area contributed by atoms with E-state index in [0.717, 1.165) is 18.5 Å². The van der Waals surface area contributed by atoms with E-state index in [2.05, 4.69) is 10.3 Å². The molecule has 0 unspecified atom stereocenters. The van der Waals surface area contributed by atoms with E-state index in [0.29, 0.717) is 35.5 Å². The standard InChI is InChI=1S/C22H23ClF2N4O3/c1-12(2)32-17-10-18-28-19(13-6-8-31-9-7-13)20(23)29(18)11-16(17)27-22(30)15-5-3-4-14(26-15)21(24)25/h3-5,10-13,21H,6-9H2,1-2H3,(H,27,30). The molecule has 3 aromatic heterocycles. The van der Waals surface area contributed by atoms with Gasteiger partial charge in [-0.05, 0) is 38.8 Å². The Morgan fingerprint density at radius 1 is 1.28 bits per heavy atom. The van der Waals surface area contributed by atoms with Gasteiger partial charge in [0.1, 0.15) is 33.6 Å². The lowest BCUT2D eigenvalue weighted by Crippen LogP contribution is -2.17. The van der Waals surface area contributed by atoms with Gasteiger partial charge in [0.05, 0.1) is 11.8 Å². The molecule has 32 heavy (non-hydrogen) atoms. The number of halogens is 3. The molecule has 0 atom stereocenters. The van der Waals surface area contributed by atoms with Crippen LogP contribution in [0.5, 0.6) is 5.75 Å². The van der Waals surface area contributed by atoms with Gasteiger partial charge >= 0.3 is 0 Å². The first-order valence-electron chi connectivity index (χ1n) is 10.4. The van der Waals surface area contributed by atoms with Crippen molar-refractivity contribution in [3.63, 3.8) is 0 Å². The number of rotatable bonds is 6. The zero-order valence-electron chi connectivity index (χ0n) is 17.6. The molecule has 0 radical (unpaired) electrons. The predicted octanol–water partition coefficient (Wildman–Crippen LogP) is 5.25. The smallest absolute Gasteiger partial charge is 0.280 e. The number of amides is 1. The maximum absolute atomic E-state index is 13.0. The first-order valence-corrected chi connectivity index (χ1v) is 10.7. The first-order chi connectivity index (χ1) is 15.3. The Labute approximate surface area is 188 Å². The summed E-state index contributed by atoms with van der Waals surface area (Å²) in [7, 11) is 0. The van der Waals surface area contributed by atoms with Gasteiger partial charge < -0.3 is 14.8 Å². The Bertz CT molecular complexity index is 1130. The lowest BCUT2D eigenvalue weighted by molar-refractivity contribution is 0.0846. The van der Waals surface area contributed by atoms with E-state index < -0.39 is 18.0 Å². The molecule has 1 fully saturated rings. The number of hydrogen-bond donors (Lipinski definition) is 1. The predicted molar refractivity (Wildman–Crippen MR) is 116 cm³/mol. The average molecular weight is 465 g/mol. The number of alkyl halides is 2. The molecule has 3 aromatic rings. The monoisotopic (exact) mass is 464 g/mol. The zero-order chi connectivity index (χ0) is 22.8. The first kappa shape index (κ1) is 22.4. The van der Waals surface area contributed by atoms with Crippen LogP contribution < -0.4 is 10.1 Å². The average Bonchev–Trinajstić information content (AvgIpc) is 3.09. The highest BCUT2D eigenvalue weighted by Gasteiger charge is 2.24.